The fourth-order valence-electron chi connectivity index (χ4n) is 2.19. The average molecular weight is 290 g/mol. The van der Waals surface area contributed by atoms with Crippen molar-refractivity contribution in [3.8, 4) is 0 Å². The Morgan fingerprint density at radius 3 is 2.37 bits per heavy atom. The van der Waals surface area contributed by atoms with Crippen LogP contribution in [-0.2, 0) is 14.6 Å². The lowest BCUT2D eigenvalue weighted by atomic mass is 10.2. The molecule has 1 saturated heterocycles. The van der Waals surface area contributed by atoms with Crippen LogP contribution >= 0.6 is 0 Å². The van der Waals surface area contributed by atoms with Gasteiger partial charge in [0, 0.05) is 26.2 Å². The van der Waals surface area contributed by atoms with Gasteiger partial charge in [0.1, 0.15) is 5.75 Å². The zero-order chi connectivity index (χ0) is 14.1. The molecule has 0 aromatic heterocycles. The lowest BCUT2D eigenvalue weighted by Crippen LogP contribution is -2.48. The van der Waals surface area contributed by atoms with Crippen LogP contribution in [0.15, 0.2) is 0 Å². The van der Waals surface area contributed by atoms with Crippen molar-refractivity contribution >= 4 is 15.7 Å². The second kappa shape index (κ2) is 8.53. The zero-order valence-electron chi connectivity index (χ0n) is 11.9. The summed E-state index contributed by atoms with van der Waals surface area (Å²) in [5.41, 5.74) is 0. The van der Waals surface area contributed by atoms with Crippen LogP contribution in [0.2, 0.25) is 0 Å². The highest BCUT2D eigenvalue weighted by atomic mass is 32.2. The van der Waals surface area contributed by atoms with Crippen LogP contribution in [0.25, 0.3) is 0 Å². The Morgan fingerprint density at radius 1 is 1.11 bits per heavy atom. The second-order valence-electron chi connectivity index (χ2n) is 5.14. The van der Waals surface area contributed by atoms with Crippen LogP contribution in [0.3, 0.4) is 0 Å². The molecule has 0 radical (unpaired) electrons. The standard InChI is InChI=1S/C13H26N2O3S/c1-2-3-4-5-6-11-19(17,18)12-13(16)15-9-7-14-8-10-15/h14H,2-12H2,1H3. The maximum atomic E-state index is 11.9. The number of hydrogen-bond acceptors (Lipinski definition) is 4. The second-order valence-corrected chi connectivity index (χ2v) is 7.32. The van der Waals surface area contributed by atoms with Gasteiger partial charge in [0.2, 0.25) is 5.91 Å². The molecule has 0 atom stereocenters. The summed E-state index contributed by atoms with van der Waals surface area (Å²) in [4.78, 5) is 13.5. The Bertz CT molecular complexity index is 362. The number of carbonyl (C=O) groups is 1. The Morgan fingerprint density at radius 2 is 1.74 bits per heavy atom. The molecule has 1 N–H and O–H groups in total. The van der Waals surface area contributed by atoms with Crippen LogP contribution in [-0.4, -0.2) is 56.9 Å². The van der Waals surface area contributed by atoms with Gasteiger partial charge in [0.25, 0.3) is 0 Å². The summed E-state index contributed by atoms with van der Waals surface area (Å²) in [7, 11) is -3.23. The van der Waals surface area contributed by atoms with Crippen molar-refractivity contribution in [1.82, 2.24) is 10.2 Å². The third kappa shape index (κ3) is 6.92. The van der Waals surface area contributed by atoms with Crippen LogP contribution in [0.5, 0.6) is 0 Å². The number of sulfone groups is 1. The maximum Gasteiger partial charge on any atom is 0.237 e. The summed E-state index contributed by atoms with van der Waals surface area (Å²) in [6, 6.07) is 0. The van der Waals surface area contributed by atoms with E-state index in [1.54, 1.807) is 4.90 Å². The lowest BCUT2D eigenvalue weighted by molar-refractivity contribution is -0.128. The summed E-state index contributed by atoms with van der Waals surface area (Å²) in [5, 5.41) is 3.14. The van der Waals surface area contributed by atoms with E-state index in [0.717, 1.165) is 38.8 Å². The third-order valence-corrected chi connectivity index (χ3v) is 4.97. The quantitative estimate of drug-likeness (QED) is 0.672. The molecule has 0 unspecified atom stereocenters. The number of piperazine rings is 1. The molecule has 1 heterocycles. The SMILES string of the molecule is CCCCCCCS(=O)(=O)CC(=O)N1CCNCC1. The molecule has 0 bridgehead atoms. The van der Waals surface area contributed by atoms with Crippen LogP contribution < -0.4 is 5.32 Å². The van der Waals surface area contributed by atoms with Crippen molar-refractivity contribution < 1.29 is 13.2 Å². The number of carbonyl (C=O) groups excluding carboxylic acids is 1. The van der Waals surface area contributed by atoms with Gasteiger partial charge in [-0.05, 0) is 6.42 Å². The van der Waals surface area contributed by atoms with E-state index in [2.05, 4.69) is 12.2 Å². The van der Waals surface area contributed by atoms with Gasteiger partial charge in [-0.2, -0.15) is 0 Å². The van der Waals surface area contributed by atoms with Gasteiger partial charge in [0.15, 0.2) is 9.84 Å². The minimum Gasteiger partial charge on any atom is -0.339 e. The van der Waals surface area contributed by atoms with Crippen molar-refractivity contribution in [3.05, 3.63) is 0 Å². The van der Waals surface area contributed by atoms with Crippen molar-refractivity contribution in [2.75, 3.05) is 37.7 Å². The number of rotatable bonds is 8. The van der Waals surface area contributed by atoms with Crippen LogP contribution in [0, 0.1) is 0 Å². The summed E-state index contributed by atoms with van der Waals surface area (Å²) < 4.78 is 23.7. The number of unbranched alkanes of at least 4 members (excludes halogenated alkanes) is 4. The van der Waals surface area contributed by atoms with Gasteiger partial charge in [-0.25, -0.2) is 8.42 Å². The Balaban J connectivity index is 2.26. The molecule has 0 aromatic carbocycles. The largest absolute Gasteiger partial charge is 0.339 e. The van der Waals surface area contributed by atoms with Gasteiger partial charge in [-0.3, -0.25) is 4.79 Å². The highest BCUT2D eigenvalue weighted by molar-refractivity contribution is 7.92. The van der Waals surface area contributed by atoms with Crippen molar-refractivity contribution in [2.24, 2.45) is 0 Å². The molecule has 1 amide bonds. The predicted octanol–water partition coefficient (Wildman–Crippen LogP) is 0.803. The summed E-state index contributed by atoms with van der Waals surface area (Å²) >= 11 is 0. The van der Waals surface area contributed by atoms with E-state index in [0.29, 0.717) is 19.5 Å². The number of nitrogens with one attached hydrogen (secondary N) is 1. The molecule has 0 aliphatic carbocycles. The molecule has 1 fully saturated rings. The smallest absolute Gasteiger partial charge is 0.237 e. The Kier molecular flexibility index (Phi) is 7.38. The highest BCUT2D eigenvalue weighted by Gasteiger charge is 2.22. The number of amides is 1. The molecule has 1 rings (SSSR count). The van der Waals surface area contributed by atoms with E-state index < -0.39 is 9.84 Å². The van der Waals surface area contributed by atoms with E-state index in [-0.39, 0.29) is 17.4 Å². The topological polar surface area (TPSA) is 66.5 Å². The van der Waals surface area contributed by atoms with E-state index >= 15 is 0 Å². The van der Waals surface area contributed by atoms with E-state index in [4.69, 9.17) is 0 Å². The minimum atomic E-state index is -3.23. The molecule has 1 aliphatic heterocycles. The first kappa shape index (κ1) is 16.4. The Labute approximate surface area is 116 Å². The Hall–Kier alpha value is -0.620. The van der Waals surface area contributed by atoms with Gasteiger partial charge in [0.05, 0.1) is 5.75 Å². The van der Waals surface area contributed by atoms with E-state index in [1.165, 1.54) is 0 Å². The van der Waals surface area contributed by atoms with Gasteiger partial charge >= 0.3 is 0 Å². The van der Waals surface area contributed by atoms with Gasteiger partial charge < -0.3 is 10.2 Å². The number of nitrogens with zero attached hydrogens (tertiary/aromatic N) is 1. The van der Waals surface area contributed by atoms with E-state index in [1.807, 2.05) is 0 Å². The summed E-state index contributed by atoms with van der Waals surface area (Å²) in [6.07, 6.45) is 5.00. The van der Waals surface area contributed by atoms with Gasteiger partial charge in [-0.1, -0.05) is 32.6 Å². The molecule has 112 valence electrons. The first-order chi connectivity index (χ1) is 9.05. The first-order valence-electron chi connectivity index (χ1n) is 7.24. The summed E-state index contributed by atoms with van der Waals surface area (Å²) in [6.45, 7) is 4.87. The minimum absolute atomic E-state index is 0.147. The molecule has 19 heavy (non-hydrogen) atoms. The maximum absolute atomic E-state index is 11.9. The average Bonchev–Trinajstić information content (AvgIpc) is 2.39. The normalized spacial score (nSPS) is 16.6. The molecule has 0 aromatic rings. The molecular formula is C13H26N2O3S. The molecular weight excluding hydrogens is 264 g/mol. The summed E-state index contributed by atoms with van der Waals surface area (Å²) in [5.74, 6) is -0.412. The third-order valence-electron chi connectivity index (χ3n) is 3.37. The van der Waals surface area contributed by atoms with Crippen LogP contribution in [0.1, 0.15) is 39.0 Å². The lowest BCUT2D eigenvalue weighted by Gasteiger charge is -2.27. The van der Waals surface area contributed by atoms with Crippen molar-refractivity contribution in [2.45, 2.75) is 39.0 Å². The van der Waals surface area contributed by atoms with Crippen molar-refractivity contribution in [3.63, 3.8) is 0 Å². The highest BCUT2D eigenvalue weighted by Crippen LogP contribution is 2.06. The molecule has 1 aliphatic rings. The fraction of sp³-hybridized carbons (Fsp3) is 0.923. The van der Waals surface area contributed by atoms with E-state index in [9.17, 15) is 13.2 Å². The first-order valence-corrected chi connectivity index (χ1v) is 9.06. The molecule has 5 nitrogen and oxygen atoms in total. The zero-order valence-corrected chi connectivity index (χ0v) is 12.7. The molecule has 0 saturated carbocycles. The molecule has 6 heteroatoms. The predicted molar refractivity (Wildman–Crippen MR) is 76.9 cm³/mol. The van der Waals surface area contributed by atoms with Gasteiger partial charge in [-0.15, -0.1) is 0 Å². The fourth-order valence-corrected chi connectivity index (χ4v) is 3.54. The monoisotopic (exact) mass is 290 g/mol. The molecule has 0 spiro atoms. The van der Waals surface area contributed by atoms with Crippen LogP contribution in [0.4, 0.5) is 0 Å². The number of hydrogen-bond donors (Lipinski definition) is 1. The van der Waals surface area contributed by atoms with Crippen molar-refractivity contribution in [1.29, 1.82) is 0 Å².